The zero-order chi connectivity index (χ0) is 18.1. The molecule has 0 bridgehead atoms. The van der Waals surface area contributed by atoms with Crippen LogP contribution in [-0.2, 0) is 6.54 Å². The molecule has 136 valence electrons. The van der Waals surface area contributed by atoms with E-state index in [1.54, 1.807) is 17.5 Å². The number of hydrogen-bond donors (Lipinski definition) is 2. The lowest BCUT2D eigenvalue weighted by molar-refractivity contribution is 0.0345. The number of carbonyl (C=O) groups excluding carboxylic acids is 1. The van der Waals surface area contributed by atoms with Gasteiger partial charge in [-0.1, -0.05) is 6.07 Å². The van der Waals surface area contributed by atoms with Crippen molar-refractivity contribution in [1.82, 2.24) is 24.6 Å². The van der Waals surface area contributed by atoms with Crippen molar-refractivity contribution in [2.75, 3.05) is 13.1 Å². The Balaban J connectivity index is 1.39. The normalized spacial score (nSPS) is 21.2. The molecule has 2 atom stereocenters. The maximum Gasteiger partial charge on any atom is 0.271 e. The molecule has 1 aliphatic heterocycles. The molecule has 1 aliphatic rings. The number of thiazole rings is 1. The summed E-state index contributed by atoms with van der Waals surface area (Å²) in [7, 11) is 0. The third-order valence-electron chi connectivity index (χ3n) is 4.78. The van der Waals surface area contributed by atoms with Crippen molar-refractivity contribution in [2.45, 2.75) is 32.0 Å². The van der Waals surface area contributed by atoms with Gasteiger partial charge >= 0.3 is 0 Å². The van der Waals surface area contributed by atoms with Crippen LogP contribution in [0.5, 0.6) is 0 Å². The van der Waals surface area contributed by atoms with E-state index in [1.807, 2.05) is 40.4 Å². The molecular weight excluding hydrogens is 350 g/mol. The monoisotopic (exact) mass is 371 g/mol. The van der Waals surface area contributed by atoms with Gasteiger partial charge in [-0.2, -0.15) is 0 Å². The Morgan fingerprint density at radius 1 is 1.46 bits per heavy atom. The molecule has 0 unspecified atom stereocenters. The summed E-state index contributed by atoms with van der Waals surface area (Å²) in [5.74, 6) is -0.245. The molecule has 1 amide bonds. The van der Waals surface area contributed by atoms with Crippen LogP contribution in [0.25, 0.3) is 5.65 Å². The maximum atomic E-state index is 12.6. The van der Waals surface area contributed by atoms with E-state index in [4.69, 9.17) is 0 Å². The van der Waals surface area contributed by atoms with Crippen molar-refractivity contribution >= 4 is 22.9 Å². The number of aromatic nitrogens is 3. The molecule has 1 fully saturated rings. The molecule has 7 nitrogen and oxygen atoms in total. The van der Waals surface area contributed by atoms with Gasteiger partial charge in [-0.15, -0.1) is 11.3 Å². The van der Waals surface area contributed by atoms with Crippen LogP contribution < -0.4 is 5.32 Å². The maximum absolute atomic E-state index is 12.6. The van der Waals surface area contributed by atoms with Crippen LogP contribution in [0.4, 0.5) is 0 Å². The molecule has 3 aromatic rings. The van der Waals surface area contributed by atoms with E-state index in [0.717, 1.165) is 30.1 Å². The van der Waals surface area contributed by atoms with E-state index in [-0.39, 0.29) is 11.9 Å². The first-order valence-corrected chi connectivity index (χ1v) is 9.57. The highest BCUT2D eigenvalue weighted by atomic mass is 32.1. The number of rotatable bonds is 4. The van der Waals surface area contributed by atoms with Crippen molar-refractivity contribution in [2.24, 2.45) is 0 Å². The van der Waals surface area contributed by atoms with Gasteiger partial charge in [-0.25, -0.2) is 9.97 Å². The van der Waals surface area contributed by atoms with Crippen LogP contribution in [0.1, 0.15) is 28.3 Å². The molecule has 2 N–H and O–H groups in total. The number of aliphatic hydroxyl groups is 1. The van der Waals surface area contributed by atoms with Gasteiger partial charge in [0.1, 0.15) is 11.3 Å². The minimum absolute atomic E-state index is 0.245. The van der Waals surface area contributed by atoms with Gasteiger partial charge in [0.25, 0.3) is 5.91 Å². The fourth-order valence-corrected chi connectivity index (χ4v) is 3.90. The molecule has 0 spiro atoms. The largest absolute Gasteiger partial charge is 0.390 e. The Morgan fingerprint density at radius 2 is 2.35 bits per heavy atom. The lowest BCUT2D eigenvalue weighted by Crippen LogP contribution is -2.53. The molecule has 0 saturated carbocycles. The molecule has 4 heterocycles. The molecular formula is C18H21N5O2S. The summed E-state index contributed by atoms with van der Waals surface area (Å²) in [6.07, 6.45) is 1.83. The topological polar surface area (TPSA) is 82.8 Å². The molecule has 3 aromatic heterocycles. The van der Waals surface area contributed by atoms with E-state index in [1.165, 1.54) is 0 Å². The van der Waals surface area contributed by atoms with E-state index in [9.17, 15) is 9.90 Å². The van der Waals surface area contributed by atoms with Gasteiger partial charge in [0.2, 0.25) is 0 Å². The SMILES string of the molecule is Cc1cccc2nc(C(=O)N[C@@H]3CCN(Cc4cscn4)C[C@H]3O)cn12. The Kier molecular flexibility index (Phi) is 4.71. The zero-order valence-corrected chi connectivity index (χ0v) is 15.3. The van der Waals surface area contributed by atoms with E-state index in [0.29, 0.717) is 18.7 Å². The van der Waals surface area contributed by atoms with Gasteiger partial charge in [-0.3, -0.25) is 9.69 Å². The standard InChI is InChI=1S/C18H21N5O2S/c1-12-3-2-4-17-20-15(8-23(12)17)18(25)21-14-5-6-22(9-16(14)24)7-13-10-26-11-19-13/h2-4,8,10-11,14,16,24H,5-7,9H2,1H3,(H,21,25)/t14-,16-/m1/s1. The number of β-amino-alcohol motifs (C(OH)–C–C–N with tert-alkyl or cyclic N) is 1. The van der Waals surface area contributed by atoms with Crippen LogP contribution in [0.2, 0.25) is 0 Å². The fraction of sp³-hybridized carbons (Fsp3) is 0.389. The van der Waals surface area contributed by atoms with Crippen molar-refractivity contribution in [3.63, 3.8) is 0 Å². The second-order valence-electron chi connectivity index (χ2n) is 6.67. The molecule has 26 heavy (non-hydrogen) atoms. The number of pyridine rings is 1. The Labute approximate surface area is 155 Å². The Hall–Kier alpha value is -2.29. The highest BCUT2D eigenvalue weighted by Crippen LogP contribution is 2.16. The summed E-state index contributed by atoms with van der Waals surface area (Å²) in [6.45, 7) is 4.03. The summed E-state index contributed by atoms with van der Waals surface area (Å²) in [4.78, 5) is 23.4. The van der Waals surface area contributed by atoms with Gasteiger partial charge in [-0.05, 0) is 25.5 Å². The smallest absolute Gasteiger partial charge is 0.271 e. The minimum Gasteiger partial charge on any atom is -0.390 e. The number of fused-ring (bicyclic) bond motifs is 1. The number of nitrogens with zero attached hydrogens (tertiary/aromatic N) is 4. The zero-order valence-electron chi connectivity index (χ0n) is 14.5. The second-order valence-corrected chi connectivity index (χ2v) is 7.39. The van der Waals surface area contributed by atoms with Gasteiger partial charge in [0.15, 0.2) is 0 Å². The number of likely N-dealkylation sites (tertiary alicyclic amines) is 1. The highest BCUT2D eigenvalue weighted by Gasteiger charge is 2.29. The number of hydrogen-bond acceptors (Lipinski definition) is 6. The van der Waals surface area contributed by atoms with Gasteiger partial charge in [0, 0.05) is 36.9 Å². The number of nitrogens with one attached hydrogen (secondary N) is 1. The predicted molar refractivity (Wildman–Crippen MR) is 99.2 cm³/mol. The summed E-state index contributed by atoms with van der Waals surface area (Å²) < 4.78 is 1.89. The number of amides is 1. The fourth-order valence-electron chi connectivity index (χ4n) is 3.35. The van der Waals surface area contributed by atoms with Gasteiger partial charge in [0.05, 0.1) is 23.4 Å². The highest BCUT2D eigenvalue weighted by molar-refractivity contribution is 7.07. The van der Waals surface area contributed by atoms with Crippen LogP contribution in [-0.4, -0.2) is 55.5 Å². The van der Waals surface area contributed by atoms with E-state index in [2.05, 4.69) is 20.2 Å². The lowest BCUT2D eigenvalue weighted by Gasteiger charge is -2.35. The molecule has 0 aromatic carbocycles. The number of aryl methyl sites for hydroxylation is 1. The predicted octanol–water partition coefficient (Wildman–Crippen LogP) is 1.46. The van der Waals surface area contributed by atoms with E-state index >= 15 is 0 Å². The minimum atomic E-state index is -0.606. The average Bonchev–Trinajstić information content (AvgIpc) is 3.27. The summed E-state index contributed by atoms with van der Waals surface area (Å²) in [6, 6.07) is 5.50. The Morgan fingerprint density at radius 3 is 3.08 bits per heavy atom. The van der Waals surface area contributed by atoms with Crippen LogP contribution in [0, 0.1) is 6.92 Å². The summed E-state index contributed by atoms with van der Waals surface area (Å²) >= 11 is 1.57. The van der Waals surface area contributed by atoms with Crippen molar-refractivity contribution < 1.29 is 9.90 Å². The first kappa shape index (κ1) is 17.1. The molecule has 4 rings (SSSR count). The van der Waals surface area contributed by atoms with Crippen molar-refractivity contribution in [1.29, 1.82) is 0 Å². The quantitative estimate of drug-likeness (QED) is 0.726. The number of carbonyl (C=O) groups is 1. The average molecular weight is 371 g/mol. The molecule has 8 heteroatoms. The third-order valence-corrected chi connectivity index (χ3v) is 5.42. The number of aliphatic hydroxyl groups excluding tert-OH is 1. The van der Waals surface area contributed by atoms with Crippen LogP contribution in [0.15, 0.2) is 35.3 Å². The number of imidazole rings is 1. The Bertz CT molecular complexity index is 908. The van der Waals surface area contributed by atoms with Gasteiger partial charge < -0.3 is 14.8 Å². The molecule has 1 saturated heterocycles. The molecule has 0 radical (unpaired) electrons. The van der Waals surface area contributed by atoms with Crippen LogP contribution in [0.3, 0.4) is 0 Å². The summed E-state index contributed by atoms with van der Waals surface area (Å²) in [5, 5.41) is 15.4. The molecule has 0 aliphatic carbocycles. The van der Waals surface area contributed by atoms with Crippen molar-refractivity contribution in [3.05, 3.63) is 52.4 Å². The summed E-state index contributed by atoms with van der Waals surface area (Å²) in [5.41, 5.74) is 4.97. The van der Waals surface area contributed by atoms with E-state index < -0.39 is 6.10 Å². The first-order valence-electron chi connectivity index (χ1n) is 8.63. The third kappa shape index (κ3) is 3.48. The van der Waals surface area contributed by atoms with Crippen molar-refractivity contribution in [3.8, 4) is 0 Å². The van der Waals surface area contributed by atoms with Crippen LogP contribution >= 0.6 is 11.3 Å². The first-order chi connectivity index (χ1) is 12.6. The number of piperidine rings is 1. The lowest BCUT2D eigenvalue weighted by atomic mass is 10.0. The second kappa shape index (κ2) is 7.14.